The minimum atomic E-state index is -0.868. The van der Waals surface area contributed by atoms with Crippen molar-refractivity contribution in [1.29, 1.82) is 0 Å². The van der Waals surface area contributed by atoms with Crippen LogP contribution in [0.3, 0.4) is 0 Å². The molecule has 0 saturated heterocycles. The van der Waals surface area contributed by atoms with Crippen molar-refractivity contribution in [3.8, 4) is 0 Å². The maximum atomic E-state index is 12.1. The summed E-state index contributed by atoms with van der Waals surface area (Å²) in [6.45, 7) is 0.469. The van der Waals surface area contributed by atoms with E-state index in [-0.39, 0.29) is 6.61 Å². The molecule has 0 bridgehead atoms. The predicted octanol–water partition coefficient (Wildman–Crippen LogP) is -1.34. The number of hydrogen-bond donors (Lipinski definition) is 4. The number of hydrogen-bond acceptors (Lipinski definition) is 6. The van der Waals surface area contributed by atoms with E-state index in [2.05, 4.69) is 16.0 Å². The molecule has 0 fully saturated rings. The lowest BCUT2D eigenvalue weighted by molar-refractivity contribution is -0.141. The number of imide groups is 1. The molecule has 10 heteroatoms. The molecule has 1 aromatic carbocycles. The summed E-state index contributed by atoms with van der Waals surface area (Å²) < 4.78 is 0. The monoisotopic (exact) mass is 388 g/mol. The summed E-state index contributed by atoms with van der Waals surface area (Å²) in [4.78, 5) is 59.2. The quantitative estimate of drug-likeness (QED) is 0.406. The van der Waals surface area contributed by atoms with Gasteiger partial charge in [-0.2, -0.15) is 0 Å². The van der Waals surface area contributed by atoms with E-state index in [1.807, 2.05) is 0 Å². The Morgan fingerprint density at radius 1 is 1.04 bits per heavy atom. The first-order valence-corrected chi connectivity index (χ1v) is 8.40. The molecule has 28 heavy (non-hydrogen) atoms. The lowest BCUT2D eigenvalue weighted by Gasteiger charge is -2.16. The fourth-order valence-electron chi connectivity index (χ4n) is 2.27. The van der Waals surface area contributed by atoms with Crippen LogP contribution in [0.2, 0.25) is 0 Å². The summed E-state index contributed by atoms with van der Waals surface area (Å²) in [7, 11) is 0. The summed E-state index contributed by atoms with van der Waals surface area (Å²) in [5.41, 5.74) is 1.20. The smallest absolute Gasteiger partial charge is 0.254 e. The minimum Gasteiger partial charge on any atom is -0.392 e. The topological polar surface area (TPSA) is 145 Å². The van der Waals surface area contributed by atoms with Crippen molar-refractivity contribution < 1.29 is 29.1 Å². The van der Waals surface area contributed by atoms with Crippen molar-refractivity contribution in [1.82, 2.24) is 15.5 Å². The fourth-order valence-corrected chi connectivity index (χ4v) is 2.27. The van der Waals surface area contributed by atoms with Gasteiger partial charge in [0.2, 0.25) is 17.7 Å². The Balaban J connectivity index is 1.73. The van der Waals surface area contributed by atoms with Gasteiger partial charge in [0.15, 0.2) is 0 Å². The Bertz CT molecular complexity index is 800. The highest BCUT2D eigenvalue weighted by molar-refractivity contribution is 6.14. The van der Waals surface area contributed by atoms with Gasteiger partial charge in [-0.05, 0) is 24.6 Å². The molecule has 1 aliphatic rings. The maximum absolute atomic E-state index is 12.1. The molecule has 148 valence electrons. The lowest BCUT2D eigenvalue weighted by Crippen LogP contribution is -2.47. The number of benzene rings is 1. The van der Waals surface area contributed by atoms with Crippen LogP contribution < -0.4 is 16.0 Å². The number of nitrogens with one attached hydrogen (secondary N) is 3. The average Bonchev–Trinajstić information content (AvgIpc) is 2.99. The van der Waals surface area contributed by atoms with Gasteiger partial charge < -0.3 is 21.1 Å². The van der Waals surface area contributed by atoms with Crippen LogP contribution in [0.15, 0.2) is 36.4 Å². The molecular formula is C18H20N4O6. The fraction of sp³-hybridized carbons (Fsp3) is 0.278. The van der Waals surface area contributed by atoms with E-state index in [1.165, 1.54) is 6.92 Å². The van der Waals surface area contributed by atoms with Crippen molar-refractivity contribution in [3.05, 3.63) is 42.0 Å². The summed E-state index contributed by atoms with van der Waals surface area (Å²) in [6.07, 6.45) is 2.11. The normalized spacial score (nSPS) is 14.0. The zero-order valence-electron chi connectivity index (χ0n) is 15.1. The Morgan fingerprint density at radius 2 is 1.64 bits per heavy atom. The molecule has 5 amide bonds. The highest BCUT2D eigenvalue weighted by atomic mass is 16.3. The molecule has 10 nitrogen and oxygen atoms in total. The van der Waals surface area contributed by atoms with Gasteiger partial charge in [-0.25, -0.2) is 0 Å². The highest BCUT2D eigenvalue weighted by Gasteiger charge is 2.25. The van der Waals surface area contributed by atoms with Crippen molar-refractivity contribution in [2.24, 2.45) is 0 Å². The second kappa shape index (κ2) is 9.42. The second-order valence-electron chi connectivity index (χ2n) is 6.01. The summed E-state index contributed by atoms with van der Waals surface area (Å²) in [5.74, 6) is -2.94. The van der Waals surface area contributed by atoms with Gasteiger partial charge in [-0.15, -0.1) is 0 Å². The van der Waals surface area contributed by atoms with Gasteiger partial charge in [0.05, 0.1) is 13.2 Å². The summed E-state index contributed by atoms with van der Waals surface area (Å²) in [5, 5.41) is 16.3. The van der Waals surface area contributed by atoms with Gasteiger partial charge in [0.1, 0.15) is 12.6 Å². The molecule has 0 saturated carbocycles. The third-order valence-corrected chi connectivity index (χ3v) is 3.82. The summed E-state index contributed by atoms with van der Waals surface area (Å²) >= 11 is 0. The third kappa shape index (κ3) is 5.74. The lowest BCUT2D eigenvalue weighted by atomic mass is 10.2. The molecule has 0 radical (unpaired) electrons. The molecule has 1 aliphatic heterocycles. The number of amides is 5. The van der Waals surface area contributed by atoms with Crippen LogP contribution in [0, 0.1) is 0 Å². The number of aliphatic hydroxyl groups excluding tert-OH is 1. The first-order chi connectivity index (χ1) is 13.3. The van der Waals surface area contributed by atoms with Crippen molar-refractivity contribution >= 4 is 35.2 Å². The van der Waals surface area contributed by atoms with Crippen molar-refractivity contribution in [2.45, 2.75) is 19.6 Å². The highest BCUT2D eigenvalue weighted by Crippen LogP contribution is 2.09. The van der Waals surface area contributed by atoms with Gasteiger partial charge in [-0.3, -0.25) is 28.9 Å². The Hall–Kier alpha value is -3.53. The standard InChI is InChI=1S/C18H20N4O6/c1-11(18(28)21-13-4-2-12(10-23)3-5-13)20-14(24)8-19-15(25)9-22-16(26)6-7-17(22)27/h2-7,11,23H,8-10H2,1H3,(H,19,25)(H,20,24)(H,21,28). The number of carbonyl (C=O) groups excluding carboxylic acids is 5. The number of anilines is 1. The first-order valence-electron chi connectivity index (χ1n) is 8.40. The molecule has 1 unspecified atom stereocenters. The SMILES string of the molecule is CC(NC(=O)CNC(=O)CN1C(=O)C=CC1=O)C(=O)Nc1ccc(CO)cc1. The van der Waals surface area contributed by atoms with E-state index in [4.69, 9.17) is 5.11 Å². The Labute approximate surface area is 160 Å². The van der Waals surface area contributed by atoms with E-state index < -0.39 is 48.7 Å². The van der Waals surface area contributed by atoms with E-state index in [9.17, 15) is 24.0 Å². The number of nitrogens with zero attached hydrogens (tertiary/aromatic N) is 1. The molecule has 4 N–H and O–H groups in total. The van der Waals surface area contributed by atoms with Crippen LogP contribution in [0.4, 0.5) is 5.69 Å². The van der Waals surface area contributed by atoms with Crippen molar-refractivity contribution in [2.75, 3.05) is 18.4 Å². The minimum absolute atomic E-state index is 0.108. The molecule has 1 aromatic rings. The van der Waals surface area contributed by atoms with Crippen LogP contribution in [0.25, 0.3) is 0 Å². The molecular weight excluding hydrogens is 368 g/mol. The Morgan fingerprint density at radius 3 is 2.21 bits per heavy atom. The number of rotatable bonds is 8. The molecule has 2 rings (SSSR count). The van der Waals surface area contributed by atoms with Crippen LogP contribution in [0.5, 0.6) is 0 Å². The molecule has 1 atom stereocenters. The maximum Gasteiger partial charge on any atom is 0.254 e. The van der Waals surface area contributed by atoms with Crippen LogP contribution in [-0.2, 0) is 30.6 Å². The molecule has 1 heterocycles. The van der Waals surface area contributed by atoms with Gasteiger partial charge in [0.25, 0.3) is 11.8 Å². The summed E-state index contributed by atoms with van der Waals surface area (Å²) in [6, 6.07) is 5.68. The van der Waals surface area contributed by atoms with Gasteiger partial charge in [0, 0.05) is 17.8 Å². The third-order valence-electron chi connectivity index (χ3n) is 3.82. The van der Waals surface area contributed by atoms with Gasteiger partial charge in [-0.1, -0.05) is 12.1 Å². The van der Waals surface area contributed by atoms with Crippen LogP contribution in [-0.4, -0.2) is 58.7 Å². The van der Waals surface area contributed by atoms with Crippen molar-refractivity contribution in [3.63, 3.8) is 0 Å². The van der Waals surface area contributed by atoms with Crippen LogP contribution in [0.1, 0.15) is 12.5 Å². The van der Waals surface area contributed by atoms with E-state index >= 15 is 0 Å². The van der Waals surface area contributed by atoms with E-state index in [0.717, 1.165) is 17.1 Å². The second-order valence-corrected chi connectivity index (χ2v) is 6.01. The van der Waals surface area contributed by atoms with E-state index in [1.54, 1.807) is 24.3 Å². The number of aliphatic hydroxyl groups is 1. The number of carbonyl (C=O) groups is 5. The largest absolute Gasteiger partial charge is 0.392 e. The average molecular weight is 388 g/mol. The molecule has 0 aliphatic carbocycles. The Kier molecular flexibility index (Phi) is 6.99. The zero-order chi connectivity index (χ0) is 20.7. The molecule has 0 spiro atoms. The zero-order valence-corrected chi connectivity index (χ0v) is 15.1. The van der Waals surface area contributed by atoms with E-state index in [0.29, 0.717) is 11.3 Å². The molecule has 0 aromatic heterocycles. The van der Waals surface area contributed by atoms with Crippen LogP contribution >= 0.6 is 0 Å². The van der Waals surface area contributed by atoms with Gasteiger partial charge >= 0.3 is 0 Å². The first kappa shape index (κ1) is 20.8. The predicted molar refractivity (Wildman–Crippen MR) is 97.5 cm³/mol.